The molecule has 0 saturated heterocycles. The van der Waals surface area contributed by atoms with Crippen LogP contribution in [0.2, 0.25) is 0 Å². The van der Waals surface area contributed by atoms with Crippen molar-refractivity contribution in [2.45, 2.75) is 58.0 Å². The Morgan fingerprint density at radius 3 is 2.38 bits per heavy atom. The van der Waals surface area contributed by atoms with Crippen LogP contribution in [0.3, 0.4) is 0 Å². The summed E-state index contributed by atoms with van der Waals surface area (Å²) in [6.07, 6.45) is 6.13. The van der Waals surface area contributed by atoms with E-state index >= 15 is 0 Å². The highest BCUT2D eigenvalue weighted by atomic mass is 16.3. The summed E-state index contributed by atoms with van der Waals surface area (Å²) in [6.45, 7) is 6.83. The number of hydrogen-bond donors (Lipinski definition) is 2. The Hall–Kier alpha value is -0.120. The average molecular weight is 228 g/mol. The van der Waals surface area contributed by atoms with Crippen molar-refractivity contribution >= 4 is 0 Å². The minimum Gasteiger partial charge on any atom is -0.396 e. The molecule has 16 heavy (non-hydrogen) atoms. The van der Waals surface area contributed by atoms with Gasteiger partial charge in [-0.25, -0.2) is 0 Å². The molecule has 3 N–H and O–H groups in total. The maximum Gasteiger partial charge on any atom is 0.0446 e. The summed E-state index contributed by atoms with van der Waals surface area (Å²) < 4.78 is 0. The number of hydrogen-bond acceptors (Lipinski definition) is 3. The first kappa shape index (κ1) is 13.9. The Balaban J connectivity index is 2.42. The number of aliphatic hydroxyl groups excluding tert-OH is 1. The molecule has 1 unspecified atom stereocenters. The Bertz CT molecular complexity index is 179. The maximum atomic E-state index is 8.90. The minimum atomic E-state index is 0.129. The van der Waals surface area contributed by atoms with Crippen molar-refractivity contribution in [3.8, 4) is 0 Å². The number of aliphatic hydroxyl groups is 1. The van der Waals surface area contributed by atoms with Gasteiger partial charge in [0.05, 0.1) is 0 Å². The fourth-order valence-corrected chi connectivity index (χ4v) is 2.67. The summed E-state index contributed by atoms with van der Waals surface area (Å²) in [5.41, 5.74) is 6.03. The average Bonchev–Trinajstić information content (AvgIpc) is 2.68. The summed E-state index contributed by atoms with van der Waals surface area (Å²) in [7, 11) is 0. The SMILES string of the molecule is CC(C)CN(CC(N)CCO)C1CCCC1. The van der Waals surface area contributed by atoms with E-state index in [0.717, 1.165) is 25.6 Å². The highest BCUT2D eigenvalue weighted by molar-refractivity contribution is 4.80. The number of rotatable bonds is 7. The molecule has 0 bridgehead atoms. The second-order valence-electron chi connectivity index (χ2n) is 5.56. The monoisotopic (exact) mass is 228 g/mol. The van der Waals surface area contributed by atoms with E-state index in [9.17, 15) is 0 Å². The van der Waals surface area contributed by atoms with Crippen molar-refractivity contribution in [3.05, 3.63) is 0 Å². The molecule has 3 heteroatoms. The van der Waals surface area contributed by atoms with Gasteiger partial charge in [0.1, 0.15) is 0 Å². The Morgan fingerprint density at radius 1 is 1.25 bits per heavy atom. The van der Waals surface area contributed by atoms with E-state index in [0.29, 0.717) is 5.92 Å². The van der Waals surface area contributed by atoms with Crippen LogP contribution in [0.15, 0.2) is 0 Å². The predicted octanol–water partition coefficient (Wildman–Crippen LogP) is 1.60. The van der Waals surface area contributed by atoms with E-state index in [1.807, 2.05) is 0 Å². The molecular formula is C13H28N2O. The van der Waals surface area contributed by atoms with Gasteiger partial charge in [0, 0.05) is 31.8 Å². The minimum absolute atomic E-state index is 0.129. The zero-order valence-electron chi connectivity index (χ0n) is 10.9. The lowest BCUT2D eigenvalue weighted by atomic mass is 10.1. The van der Waals surface area contributed by atoms with Crippen molar-refractivity contribution in [2.24, 2.45) is 11.7 Å². The third kappa shape index (κ3) is 4.81. The molecule has 96 valence electrons. The second kappa shape index (κ2) is 7.25. The lowest BCUT2D eigenvalue weighted by Crippen LogP contribution is -2.44. The van der Waals surface area contributed by atoms with Crippen molar-refractivity contribution in [1.82, 2.24) is 4.90 Å². The van der Waals surface area contributed by atoms with Gasteiger partial charge in [-0.1, -0.05) is 26.7 Å². The molecule has 1 atom stereocenters. The van der Waals surface area contributed by atoms with E-state index in [4.69, 9.17) is 10.8 Å². The fourth-order valence-electron chi connectivity index (χ4n) is 2.67. The summed E-state index contributed by atoms with van der Waals surface area (Å²) in [5, 5.41) is 8.90. The number of nitrogens with two attached hydrogens (primary N) is 1. The van der Waals surface area contributed by atoms with E-state index in [2.05, 4.69) is 18.7 Å². The van der Waals surface area contributed by atoms with Crippen LogP contribution < -0.4 is 5.73 Å². The first-order valence-corrected chi connectivity index (χ1v) is 6.74. The molecule has 0 aromatic carbocycles. The molecule has 0 amide bonds. The Morgan fingerprint density at radius 2 is 1.88 bits per heavy atom. The summed E-state index contributed by atoms with van der Waals surface area (Å²) >= 11 is 0. The molecule has 0 spiro atoms. The van der Waals surface area contributed by atoms with Crippen LogP contribution in [0.5, 0.6) is 0 Å². The maximum absolute atomic E-state index is 8.90. The molecular weight excluding hydrogens is 200 g/mol. The van der Waals surface area contributed by atoms with E-state index in [1.54, 1.807) is 0 Å². The third-order valence-corrected chi connectivity index (χ3v) is 3.41. The van der Waals surface area contributed by atoms with Gasteiger partial charge in [0.15, 0.2) is 0 Å². The van der Waals surface area contributed by atoms with Gasteiger partial charge in [0.25, 0.3) is 0 Å². The lowest BCUT2D eigenvalue weighted by molar-refractivity contribution is 0.157. The zero-order chi connectivity index (χ0) is 12.0. The smallest absolute Gasteiger partial charge is 0.0446 e. The Labute approximate surface area is 100 Å². The molecule has 1 saturated carbocycles. The van der Waals surface area contributed by atoms with Crippen LogP contribution in [0, 0.1) is 5.92 Å². The summed E-state index contributed by atoms with van der Waals surface area (Å²) in [4.78, 5) is 2.55. The number of nitrogens with zero attached hydrogens (tertiary/aromatic N) is 1. The van der Waals surface area contributed by atoms with Gasteiger partial charge in [-0.2, -0.15) is 0 Å². The van der Waals surface area contributed by atoms with Crippen LogP contribution in [-0.2, 0) is 0 Å². The standard InChI is InChI=1S/C13H28N2O/c1-11(2)9-15(10-12(14)7-8-16)13-5-3-4-6-13/h11-13,16H,3-10,14H2,1-2H3. The van der Waals surface area contributed by atoms with Gasteiger partial charge in [0.2, 0.25) is 0 Å². The molecule has 1 aliphatic carbocycles. The van der Waals surface area contributed by atoms with Gasteiger partial charge < -0.3 is 10.8 Å². The van der Waals surface area contributed by atoms with Gasteiger partial charge in [-0.15, -0.1) is 0 Å². The van der Waals surface area contributed by atoms with E-state index < -0.39 is 0 Å². The molecule has 0 aromatic rings. The quantitative estimate of drug-likeness (QED) is 0.696. The molecule has 1 rings (SSSR count). The third-order valence-electron chi connectivity index (χ3n) is 3.41. The van der Waals surface area contributed by atoms with Crippen molar-refractivity contribution in [3.63, 3.8) is 0 Å². The highest BCUT2D eigenvalue weighted by Crippen LogP contribution is 2.24. The first-order chi connectivity index (χ1) is 7.63. The topological polar surface area (TPSA) is 49.5 Å². The fraction of sp³-hybridized carbons (Fsp3) is 1.00. The lowest BCUT2D eigenvalue weighted by Gasteiger charge is -2.32. The van der Waals surface area contributed by atoms with Crippen LogP contribution in [-0.4, -0.2) is 41.8 Å². The molecule has 0 radical (unpaired) electrons. The van der Waals surface area contributed by atoms with E-state index in [1.165, 1.54) is 25.7 Å². The molecule has 0 heterocycles. The van der Waals surface area contributed by atoms with Crippen molar-refractivity contribution in [1.29, 1.82) is 0 Å². The van der Waals surface area contributed by atoms with Gasteiger partial charge in [-0.3, -0.25) is 4.90 Å². The van der Waals surface area contributed by atoms with Crippen molar-refractivity contribution in [2.75, 3.05) is 19.7 Å². The largest absolute Gasteiger partial charge is 0.396 e. The zero-order valence-corrected chi connectivity index (χ0v) is 10.9. The summed E-state index contributed by atoms with van der Waals surface area (Å²) in [6, 6.07) is 0.872. The summed E-state index contributed by atoms with van der Waals surface area (Å²) in [5.74, 6) is 0.696. The van der Waals surface area contributed by atoms with Gasteiger partial charge >= 0.3 is 0 Å². The molecule has 3 nitrogen and oxygen atoms in total. The van der Waals surface area contributed by atoms with Crippen molar-refractivity contribution < 1.29 is 5.11 Å². The first-order valence-electron chi connectivity index (χ1n) is 6.74. The predicted molar refractivity (Wildman–Crippen MR) is 68.3 cm³/mol. The molecule has 0 aliphatic heterocycles. The van der Waals surface area contributed by atoms with Crippen LogP contribution in [0.1, 0.15) is 46.0 Å². The van der Waals surface area contributed by atoms with E-state index in [-0.39, 0.29) is 12.6 Å². The Kier molecular flexibility index (Phi) is 6.32. The van der Waals surface area contributed by atoms with Crippen LogP contribution in [0.25, 0.3) is 0 Å². The van der Waals surface area contributed by atoms with Crippen LogP contribution in [0.4, 0.5) is 0 Å². The highest BCUT2D eigenvalue weighted by Gasteiger charge is 2.24. The van der Waals surface area contributed by atoms with Crippen LogP contribution >= 0.6 is 0 Å². The second-order valence-corrected chi connectivity index (χ2v) is 5.56. The normalized spacial score (nSPS) is 19.9. The molecule has 1 aliphatic rings. The van der Waals surface area contributed by atoms with Gasteiger partial charge in [-0.05, 0) is 25.2 Å². The molecule has 1 fully saturated rings. The molecule has 0 aromatic heterocycles.